The van der Waals surface area contributed by atoms with Crippen LogP contribution in [-0.4, -0.2) is 18.8 Å². The first-order valence-corrected chi connectivity index (χ1v) is 5.73. The topological polar surface area (TPSA) is 29.5 Å². The summed E-state index contributed by atoms with van der Waals surface area (Å²) in [5.41, 5.74) is 5.35. The van der Waals surface area contributed by atoms with Gasteiger partial charge in [-0.15, -0.1) is 0 Å². The molecule has 0 aliphatic heterocycles. The van der Waals surface area contributed by atoms with E-state index in [1.54, 1.807) is 7.11 Å². The lowest BCUT2D eigenvalue weighted by atomic mass is 9.85. The first-order chi connectivity index (χ1) is 7.76. The largest absolute Gasteiger partial charge is 0.497 e. The fourth-order valence-corrected chi connectivity index (χ4v) is 2.36. The SMILES string of the molecule is COc1ccc2c(c1)CCC(C)=C2CCO. The zero-order valence-electron chi connectivity index (χ0n) is 9.92. The van der Waals surface area contributed by atoms with E-state index in [9.17, 15) is 0 Å². The zero-order valence-corrected chi connectivity index (χ0v) is 9.92. The van der Waals surface area contributed by atoms with Crippen LogP contribution in [0, 0.1) is 0 Å². The van der Waals surface area contributed by atoms with Gasteiger partial charge in [-0.3, -0.25) is 0 Å². The third-order valence-electron chi connectivity index (χ3n) is 3.28. The zero-order chi connectivity index (χ0) is 11.5. The van der Waals surface area contributed by atoms with Crippen molar-refractivity contribution in [2.75, 3.05) is 13.7 Å². The van der Waals surface area contributed by atoms with Crippen LogP contribution in [0.1, 0.15) is 30.9 Å². The minimum atomic E-state index is 0.220. The van der Waals surface area contributed by atoms with Crippen LogP contribution >= 0.6 is 0 Å². The molecule has 16 heavy (non-hydrogen) atoms. The molecule has 0 fully saturated rings. The first-order valence-electron chi connectivity index (χ1n) is 5.73. The van der Waals surface area contributed by atoms with Gasteiger partial charge in [0.25, 0.3) is 0 Å². The smallest absolute Gasteiger partial charge is 0.119 e. The number of methoxy groups -OCH3 is 1. The van der Waals surface area contributed by atoms with Crippen molar-refractivity contribution in [3.63, 3.8) is 0 Å². The molecule has 0 saturated carbocycles. The Balaban J connectivity index is 2.43. The van der Waals surface area contributed by atoms with Crippen LogP contribution in [0.4, 0.5) is 0 Å². The molecule has 0 radical (unpaired) electrons. The van der Waals surface area contributed by atoms with Crippen LogP contribution in [0.3, 0.4) is 0 Å². The lowest BCUT2D eigenvalue weighted by molar-refractivity contribution is 0.304. The van der Waals surface area contributed by atoms with Gasteiger partial charge in [-0.05, 0) is 55.0 Å². The predicted molar refractivity (Wildman–Crippen MR) is 65.6 cm³/mol. The van der Waals surface area contributed by atoms with E-state index in [2.05, 4.69) is 19.1 Å². The van der Waals surface area contributed by atoms with Crippen molar-refractivity contribution < 1.29 is 9.84 Å². The van der Waals surface area contributed by atoms with Gasteiger partial charge in [0.15, 0.2) is 0 Å². The summed E-state index contributed by atoms with van der Waals surface area (Å²) >= 11 is 0. The third kappa shape index (κ3) is 1.98. The number of hydrogen-bond acceptors (Lipinski definition) is 2. The molecule has 2 rings (SSSR count). The summed E-state index contributed by atoms with van der Waals surface area (Å²) in [5.74, 6) is 0.918. The molecule has 1 aliphatic carbocycles. The van der Waals surface area contributed by atoms with Crippen molar-refractivity contribution in [3.05, 3.63) is 34.9 Å². The maximum atomic E-state index is 9.10. The monoisotopic (exact) mass is 218 g/mol. The molecule has 0 aromatic heterocycles. The average Bonchev–Trinajstić information content (AvgIpc) is 2.32. The van der Waals surface area contributed by atoms with Gasteiger partial charge in [-0.1, -0.05) is 11.6 Å². The molecule has 2 heteroatoms. The maximum Gasteiger partial charge on any atom is 0.119 e. The molecule has 0 heterocycles. The summed E-state index contributed by atoms with van der Waals surface area (Å²) in [6.07, 6.45) is 2.92. The molecule has 1 aliphatic rings. The van der Waals surface area contributed by atoms with E-state index in [-0.39, 0.29) is 6.61 Å². The van der Waals surface area contributed by atoms with Crippen molar-refractivity contribution in [2.45, 2.75) is 26.2 Å². The Labute approximate surface area is 96.6 Å². The minimum Gasteiger partial charge on any atom is -0.497 e. The molecule has 1 N–H and O–H groups in total. The summed E-state index contributed by atoms with van der Waals surface area (Å²) in [5, 5.41) is 9.10. The van der Waals surface area contributed by atoms with Gasteiger partial charge in [0.2, 0.25) is 0 Å². The second-order valence-corrected chi connectivity index (χ2v) is 4.26. The summed E-state index contributed by atoms with van der Waals surface area (Å²) in [6, 6.07) is 6.22. The molecule has 0 bridgehead atoms. The molecule has 0 spiro atoms. The molecule has 0 atom stereocenters. The summed E-state index contributed by atoms with van der Waals surface area (Å²) in [4.78, 5) is 0. The quantitative estimate of drug-likeness (QED) is 0.845. The number of ether oxygens (including phenoxy) is 1. The minimum absolute atomic E-state index is 0.220. The fraction of sp³-hybridized carbons (Fsp3) is 0.429. The van der Waals surface area contributed by atoms with Crippen LogP contribution in [0.15, 0.2) is 23.8 Å². The third-order valence-corrected chi connectivity index (χ3v) is 3.28. The molecule has 86 valence electrons. The van der Waals surface area contributed by atoms with E-state index in [0.717, 1.165) is 25.0 Å². The molecular formula is C14H18O2. The highest BCUT2D eigenvalue weighted by molar-refractivity contribution is 5.73. The molecular weight excluding hydrogens is 200 g/mol. The lowest BCUT2D eigenvalue weighted by Crippen LogP contribution is -2.05. The Morgan fingerprint density at radius 1 is 1.31 bits per heavy atom. The Kier molecular flexibility index (Phi) is 3.30. The van der Waals surface area contributed by atoms with E-state index in [4.69, 9.17) is 9.84 Å². The van der Waals surface area contributed by atoms with Crippen LogP contribution in [0.5, 0.6) is 5.75 Å². The first kappa shape index (κ1) is 11.2. The maximum absolute atomic E-state index is 9.10. The van der Waals surface area contributed by atoms with Gasteiger partial charge in [-0.2, -0.15) is 0 Å². The standard InChI is InChI=1S/C14H18O2/c1-10-3-4-11-9-12(16-2)5-6-14(11)13(10)7-8-15/h5-6,9,15H,3-4,7-8H2,1-2H3. The van der Waals surface area contributed by atoms with E-state index < -0.39 is 0 Å². The van der Waals surface area contributed by atoms with Crippen molar-refractivity contribution in [1.29, 1.82) is 0 Å². The Morgan fingerprint density at radius 2 is 2.12 bits per heavy atom. The van der Waals surface area contributed by atoms with Gasteiger partial charge in [0.05, 0.1) is 7.11 Å². The molecule has 0 amide bonds. The lowest BCUT2D eigenvalue weighted by Gasteiger charge is -2.22. The highest BCUT2D eigenvalue weighted by Crippen LogP contribution is 2.34. The second-order valence-electron chi connectivity index (χ2n) is 4.26. The number of hydrogen-bond donors (Lipinski definition) is 1. The van der Waals surface area contributed by atoms with E-state index in [1.165, 1.54) is 22.3 Å². The van der Waals surface area contributed by atoms with Crippen molar-refractivity contribution >= 4 is 5.57 Å². The number of fused-ring (bicyclic) bond motifs is 1. The van der Waals surface area contributed by atoms with Crippen LogP contribution in [0.25, 0.3) is 5.57 Å². The van der Waals surface area contributed by atoms with Crippen molar-refractivity contribution in [1.82, 2.24) is 0 Å². The fourth-order valence-electron chi connectivity index (χ4n) is 2.36. The number of rotatable bonds is 3. The normalized spacial score (nSPS) is 14.9. The van der Waals surface area contributed by atoms with E-state index in [1.807, 2.05) is 6.07 Å². The van der Waals surface area contributed by atoms with Gasteiger partial charge < -0.3 is 9.84 Å². The van der Waals surface area contributed by atoms with Gasteiger partial charge in [-0.25, -0.2) is 0 Å². The number of benzene rings is 1. The Morgan fingerprint density at radius 3 is 2.81 bits per heavy atom. The number of aryl methyl sites for hydroxylation is 1. The molecule has 2 nitrogen and oxygen atoms in total. The van der Waals surface area contributed by atoms with Crippen LogP contribution in [0.2, 0.25) is 0 Å². The van der Waals surface area contributed by atoms with Gasteiger partial charge in [0, 0.05) is 6.61 Å². The highest BCUT2D eigenvalue weighted by atomic mass is 16.5. The van der Waals surface area contributed by atoms with Crippen molar-refractivity contribution in [3.8, 4) is 5.75 Å². The van der Waals surface area contributed by atoms with E-state index in [0.29, 0.717) is 0 Å². The van der Waals surface area contributed by atoms with Crippen LogP contribution < -0.4 is 4.74 Å². The number of aliphatic hydroxyl groups is 1. The summed E-state index contributed by atoms with van der Waals surface area (Å²) < 4.78 is 5.24. The number of allylic oxidation sites excluding steroid dienone is 1. The molecule has 0 unspecified atom stereocenters. The second kappa shape index (κ2) is 4.71. The molecule has 0 saturated heterocycles. The van der Waals surface area contributed by atoms with Crippen LogP contribution in [-0.2, 0) is 6.42 Å². The Bertz CT molecular complexity index is 419. The summed E-state index contributed by atoms with van der Waals surface area (Å²) in [6.45, 7) is 2.39. The molecule has 1 aromatic rings. The van der Waals surface area contributed by atoms with Gasteiger partial charge in [0.1, 0.15) is 5.75 Å². The Hall–Kier alpha value is -1.28. The summed E-state index contributed by atoms with van der Waals surface area (Å²) in [7, 11) is 1.69. The van der Waals surface area contributed by atoms with Gasteiger partial charge >= 0.3 is 0 Å². The predicted octanol–water partition coefficient (Wildman–Crippen LogP) is 2.80. The number of aliphatic hydroxyl groups excluding tert-OH is 1. The van der Waals surface area contributed by atoms with E-state index >= 15 is 0 Å². The molecule has 1 aromatic carbocycles. The highest BCUT2D eigenvalue weighted by Gasteiger charge is 2.16. The van der Waals surface area contributed by atoms with Crippen molar-refractivity contribution in [2.24, 2.45) is 0 Å². The average molecular weight is 218 g/mol.